The molecule has 2 aromatic carbocycles. The Labute approximate surface area is 148 Å². The van der Waals surface area contributed by atoms with Gasteiger partial charge in [-0.1, -0.05) is 6.07 Å². The third-order valence-electron chi connectivity index (χ3n) is 4.31. The van der Waals surface area contributed by atoms with E-state index in [2.05, 4.69) is 10.4 Å². The van der Waals surface area contributed by atoms with Crippen LogP contribution in [0.3, 0.4) is 0 Å². The fourth-order valence-corrected chi connectivity index (χ4v) is 3.23. The van der Waals surface area contributed by atoms with E-state index in [0.717, 1.165) is 23.8 Å². The number of anilines is 1. The van der Waals surface area contributed by atoms with Crippen LogP contribution in [0.5, 0.6) is 5.75 Å². The molecule has 7 heteroatoms. The topological polar surface area (TPSA) is 56.2 Å². The maximum Gasteiger partial charge on any atom is 0.262 e. The van der Waals surface area contributed by atoms with Crippen molar-refractivity contribution in [3.05, 3.63) is 53.7 Å². The lowest BCUT2D eigenvalue weighted by atomic mass is 9.98. The Morgan fingerprint density at radius 2 is 2.00 bits per heavy atom. The van der Waals surface area contributed by atoms with Crippen LogP contribution in [0.25, 0.3) is 22.4 Å². The molecule has 1 aliphatic rings. The minimum Gasteiger partial charge on any atom is -0.482 e. The molecule has 1 amide bonds. The molecular weight excluding hydrogens is 340 g/mol. The van der Waals surface area contributed by atoms with Crippen molar-refractivity contribution in [1.29, 1.82) is 0 Å². The van der Waals surface area contributed by atoms with E-state index < -0.39 is 11.6 Å². The zero-order chi connectivity index (χ0) is 18.4. The van der Waals surface area contributed by atoms with E-state index in [9.17, 15) is 13.6 Å². The van der Waals surface area contributed by atoms with E-state index in [1.165, 1.54) is 4.68 Å². The van der Waals surface area contributed by atoms with E-state index >= 15 is 0 Å². The average molecular weight is 355 g/mol. The molecule has 132 valence electrons. The summed E-state index contributed by atoms with van der Waals surface area (Å²) in [5.41, 5.74) is 3.17. The van der Waals surface area contributed by atoms with E-state index in [1.54, 1.807) is 32.2 Å². The lowest BCUT2D eigenvalue weighted by Gasteiger charge is -2.19. The van der Waals surface area contributed by atoms with Crippen molar-refractivity contribution in [3.8, 4) is 28.1 Å². The molecule has 2 heterocycles. The first-order chi connectivity index (χ1) is 12.4. The van der Waals surface area contributed by atoms with E-state index in [0.29, 0.717) is 28.4 Å². The normalized spacial score (nSPS) is 13.2. The highest BCUT2D eigenvalue weighted by Crippen LogP contribution is 2.39. The van der Waals surface area contributed by atoms with Crippen LogP contribution in [0.1, 0.15) is 5.69 Å². The largest absolute Gasteiger partial charge is 0.482 e. The predicted molar refractivity (Wildman–Crippen MR) is 92.9 cm³/mol. The van der Waals surface area contributed by atoms with Gasteiger partial charge in [0.15, 0.2) is 6.61 Å². The molecule has 0 bridgehead atoms. The van der Waals surface area contributed by atoms with Crippen molar-refractivity contribution in [1.82, 2.24) is 9.78 Å². The molecule has 1 aliphatic heterocycles. The molecule has 0 unspecified atom stereocenters. The lowest BCUT2D eigenvalue weighted by molar-refractivity contribution is -0.118. The molecule has 4 rings (SSSR count). The molecule has 0 fully saturated rings. The summed E-state index contributed by atoms with van der Waals surface area (Å²) in [5.74, 6) is -0.745. The molecule has 0 radical (unpaired) electrons. The second kappa shape index (κ2) is 5.94. The summed E-state index contributed by atoms with van der Waals surface area (Å²) in [6.45, 7) is 1.77. The summed E-state index contributed by atoms with van der Waals surface area (Å²) in [4.78, 5) is 11.6. The van der Waals surface area contributed by atoms with E-state index in [1.807, 2.05) is 0 Å². The Kier molecular flexibility index (Phi) is 3.72. The number of hydrogen-bond acceptors (Lipinski definition) is 3. The summed E-state index contributed by atoms with van der Waals surface area (Å²) in [5, 5.41) is 7.12. The molecule has 26 heavy (non-hydrogen) atoms. The highest BCUT2D eigenvalue weighted by atomic mass is 19.1. The molecule has 5 nitrogen and oxygen atoms in total. The smallest absolute Gasteiger partial charge is 0.262 e. The van der Waals surface area contributed by atoms with Gasteiger partial charge >= 0.3 is 0 Å². The van der Waals surface area contributed by atoms with Crippen LogP contribution in [0, 0.1) is 18.6 Å². The monoisotopic (exact) mass is 355 g/mol. The number of halogens is 2. The van der Waals surface area contributed by atoms with Gasteiger partial charge < -0.3 is 10.1 Å². The van der Waals surface area contributed by atoms with Crippen molar-refractivity contribution in [2.75, 3.05) is 11.9 Å². The summed E-state index contributed by atoms with van der Waals surface area (Å²) < 4.78 is 35.0. The number of nitrogens with zero attached hydrogens (tertiary/aromatic N) is 2. The van der Waals surface area contributed by atoms with Crippen LogP contribution >= 0.6 is 0 Å². The van der Waals surface area contributed by atoms with Gasteiger partial charge in [-0.3, -0.25) is 9.48 Å². The number of fused-ring (bicyclic) bond motifs is 1. The molecule has 0 spiro atoms. The Hall–Kier alpha value is -3.22. The SMILES string of the molecule is Cc1nn(C)c(-c2cc(F)ccc2F)c1-c1ccc2c(c1)NC(=O)CO2. The van der Waals surface area contributed by atoms with Crippen LogP contribution in [0.2, 0.25) is 0 Å². The molecule has 0 saturated carbocycles. The number of ether oxygens (including phenoxy) is 1. The van der Waals surface area contributed by atoms with Crippen LogP contribution in [0.4, 0.5) is 14.5 Å². The maximum atomic E-state index is 14.4. The number of carbonyl (C=O) groups is 1. The second-order valence-corrected chi connectivity index (χ2v) is 6.10. The standard InChI is InChI=1S/C19H15F2N3O2/c1-10-18(11-3-6-16-15(7-11)22-17(25)9-26-16)19(24(2)23-10)13-8-12(20)4-5-14(13)21/h3-8H,9H2,1-2H3,(H,22,25). The van der Waals surface area contributed by atoms with E-state index in [4.69, 9.17) is 4.74 Å². The summed E-state index contributed by atoms with van der Waals surface area (Å²) in [6, 6.07) is 8.62. The lowest BCUT2D eigenvalue weighted by Crippen LogP contribution is -2.25. The number of hydrogen-bond donors (Lipinski definition) is 1. The number of amides is 1. The highest BCUT2D eigenvalue weighted by Gasteiger charge is 2.22. The molecule has 0 saturated heterocycles. The fourth-order valence-electron chi connectivity index (χ4n) is 3.23. The highest BCUT2D eigenvalue weighted by molar-refractivity contribution is 5.97. The van der Waals surface area contributed by atoms with Gasteiger partial charge in [0.2, 0.25) is 0 Å². The number of nitrogens with one attached hydrogen (secondary N) is 1. The van der Waals surface area contributed by atoms with Gasteiger partial charge in [0.05, 0.1) is 17.1 Å². The molecule has 1 N–H and O–H groups in total. The average Bonchev–Trinajstić information content (AvgIpc) is 2.90. The minimum atomic E-state index is -0.537. The Balaban J connectivity index is 1.92. The molecule has 0 aliphatic carbocycles. The van der Waals surface area contributed by atoms with Gasteiger partial charge in [0.1, 0.15) is 17.4 Å². The summed E-state index contributed by atoms with van der Waals surface area (Å²) in [7, 11) is 1.68. The van der Waals surface area contributed by atoms with Gasteiger partial charge in [-0.15, -0.1) is 0 Å². The number of carbonyl (C=O) groups excluding carboxylic acids is 1. The van der Waals surface area contributed by atoms with Gasteiger partial charge in [-0.2, -0.15) is 5.10 Å². The third kappa shape index (κ3) is 2.61. The maximum absolute atomic E-state index is 14.4. The van der Waals surface area contributed by atoms with Crippen LogP contribution in [0.15, 0.2) is 36.4 Å². The third-order valence-corrected chi connectivity index (χ3v) is 4.31. The fraction of sp³-hybridized carbons (Fsp3) is 0.158. The van der Waals surface area contributed by atoms with Crippen molar-refractivity contribution in [3.63, 3.8) is 0 Å². The quantitative estimate of drug-likeness (QED) is 0.763. The summed E-state index contributed by atoms with van der Waals surface area (Å²) >= 11 is 0. The van der Waals surface area contributed by atoms with Crippen LogP contribution in [-0.2, 0) is 11.8 Å². The predicted octanol–water partition coefficient (Wildman–Crippen LogP) is 3.67. The van der Waals surface area contributed by atoms with Gasteiger partial charge in [-0.05, 0) is 42.8 Å². The number of rotatable bonds is 2. The number of aromatic nitrogens is 2. The Morgan fingerprint density at radius 3 is 2.81 bits per heavy atom. The molecule has 1 aromatic heterocycles. The first kappa shape index (κ1) is 16.3. The second-order valence-electron chi connectivity index (χ2n) is 6.10. The van der Waals surface area contributed by atoms with Gasteiger partial charge in [0, 0.05) is 18.2 Å². The zero-order valence-electron chi connectivity index (χ0n) is 14.1. The van der Waals surface area contributed by atoms with Crippen molar-refractivity contribution < 1.29 is 18.3 Å². The number of aryl methyl sites for hydroxylation is 2. The van der Waals surface area contributed by atoms with Crippen LogP contribution in [-0.4, -0.2) is 22.3 Å². The van der Waals surface area contributed by atoms with Crippen LogP contribution < -0.4 is 10.1 Å². The first-order valence-corrected chi connectivity index (χ1v) is 8.00. The van der Waals surface area contributed by atoms with E-state index in [-0.39, 0.29) is 18.1 Å². The minimum absolute atomic E-state index is 0.0297. The molecular formula is C19H15F2N3O2. The van der Waals surface area contributed by atoms with Gasteiger partial charge in [-0.25, -0.2) is 8.78 Å². The first-order valence-electron chi connectivity index (χ1n) is 8.00. The summed E-state index contributed by atoms with van der Waals surface area (Å²) in [6.07, 6.45) is 0. The molecule has 3 aromatic rings. The van der Waals surface area contributed by atoms with Crippen molar-refractivity contribution in [2.45, 2.75) is 6.92 Å². The zero-order valence-corrected chi connectivity index (χ0v) is 14.1. The van der Waals surface area contributed by atoms with Gasteiger partial charge in [0.25, 0.3) is 5.91 Å². The molecule has 0 atom stereocenters. The van der Waals surface area contributed by atoms with Crippen molar-refractivity contribution in [2.24, 2.45) is 7.05 Å². The Morgan fingerprint density at radius 1 is 1.19 bits per heavy atom. The Bertz CT molecular complexity index is 1040. The van der Waals surface area contributed by atoms with Crippen molar-refractivity contribution >= 4 is 11.6 Å². The number of benzene rings is 2.